The molecule has 23 heavy (non-hydrogen) atoms. The average Bonchev–Trinajstić information content (AvgIpc) is 2.52. The summed E-state index contributed by atoms with van der Waals surface area (Å²) in [5.74, 6) is 0.867. The van der Waals surface area contributed by atoms with E-state index in [0.29, 0.717) is 36.0 Å². The van der Waals surface area contributed by atoms with Crippen molar-refractivity contribution >= 4 is 23.3 Å². The molecule has 0 atom stereocenters. The topological polar surface area (TPSA) is 72.7 Å². The molecule has 0 spiro atoms. The van der Waals surface area contributed by atoms with Crippen LogP contribution in [-0.2, 0) is 15.3 Å². The van der Waals surface area contributed by atoms with E-state index in [-0.39, 0.29) is 11.5 Å². The number of aromatic nitrogens is 2. The van der Waals surface area contributed by atoms with Crippen LogP contribution in [0, 0.1) is 6.92 Å². The van der Waals surface area contributed by atoms with Gasteiger partial charge in [0.05, 0.1) is 11.4 Å². The van der Waals surface area contributed by atoms with Gasteiger partial charge in [0.2, 0.25) is 5.91 Å². The van der Waals surface area contributed by atoms with Gasteiger partial charge in [-0.3, -0.25) is 14.0 Å². The highest BCUT2D eigenvalue weighted by Gasteiger charge is 2.05. The largest absolute Gasteiger partial charge is 0.385 e. The number of fused-ring (bicyclic) bond motifs is 1. The number of hydrogen-bond donors (Lipinski definition) is 1. The van der Waals surface area contributed by atoms with E-state index in [9.17, 15) is 9.59 Å². The number of aryl methyl sites for hydroxylation is 1. The van der Waals surface area contributed by atoms with Crippen molar-refractivity contribution in [1.82, 2.24) is 14.7 Å². The first-order valence-electron chi connectivity index (χ1n) is 7.42. The second kappa shape index (κ2) is 8.69. The van der Waals surface area contributed by atoms with Crippen molar-refractivity contribution in [2.75, 3.05) is 26.0 Å². The summed E-state index contributed by atoms with van der Waals surface area (Å²) in [6.45, 7) is 3.18. The summed E-state index contributed by atoms with van der Waals surface area (Å²) >= 11 is 1.44. The Morgan fingerprint density at radius 1 is 1.43 bits per heavy atom. The zero-order valence-electron chi connectivity index (χ0n) is 13.4. The molecule has 1 amide bonds. The first-order valence-corrected chi connectivity index (χ1v) is 8.58. The second-order valence-corrected chi connectivity index (χ2v) is 6.20. The number of nitrogens with zero attached hydrogens (tertiary/aromatic N) is 2. The number of methoxy groups -OCH3 is 1. The third-order valence-electron chi connectivity index (χ3n) is 3.19. The second-order valence-electron chi connectivity index (χ2n) is 5.21. The average molecular weight is 335 g/mol. The van der Waals surface area contributed by atoms with Crippen LogP contribution in [0.1, 0.15) is 17.7 Å². The number of ether oxygens (including phenoxy) is 1. The summed E-state index contributed by atoms with van der Waals surface area (Å²) in [7, 11) is 1.64. The van der Waals surface area contributed by atoms with Crippen molar-refractivity contribution in [2.24, 2.45) is 0 Å². The Balaban J connectivity index is 1.86. The Morgan fingerprint density at radius 3 is 3.04 bits per heavy atom. The molecule has 1 N–H and O–H groups in total. The molecule has 0 aliphatic heterocycles. The molecule has 124 valence electrons. The van der Waals surface area contributed by atoms with Crippen LogP contribution >= 0.6 is 11.8 Å². The maximum Gasteiger partial charge on any atom is 0.258 e. The molecule has 0 unspecified atom stereocenters. The van der Waals surface area contributed by atoms with E-state index in [4.69, 9.17) is 4.74 Å². The molecule has 2 aromatic rings. The van der Waals surface area contributed by atoms with Gasteiger partial charge in [-0.25, -0.2) is 4.98 Å². The first-order chi connectivity index (χ1) is 11.1. The molecule has 0 radical (unpaired) electrons. The molecule has 0 aliphatic carbocycles. The molecular formula is C16H21N3O3S. The minimum absolute atomic E-state index is 0.0146. The van der Waals surface area contributed by atoms with Crippen molar-refractivity contribution in [3.05, 3.63) is 46.0 Å². The molecule has 0 fully saturated rings. The molecule has 2 aromatic heterocycles. The van der Waals surface area contributed by atoms with E-state index < -0.39 is 0 Å². The number of hydrogen-bond acceptors (Lipinski definition) is 5. The van der Waals surface area contributed by atoms with Crippen LogP contribution in [0.25, 0.3) is 5.65 Å². The smallest absolute Gasteiger partial charge is 0.258 e. The van der Waals surface area contributed by atoms with Gasteiger partial charge in [-0.2, -0.15) is 0 Å². The molecule has 0 aromatic carbocycles. The molecule has 0 aliphatic rings. The fourth-order valence-corrected chi connectivity index (χ4v) is 2.82. The molecule has 0 saturated heterocycles. The molecule has 0 bridgehead atoms. The Bertz CT molecular complexity index is 730. The van der Waals surface area contributed by atoms with E-state index in [1.165, 1.54) is 22.2 Å². The summed E-state index contributed by atoms with van der Waals surface area (Å²) < 4.78 is 6.45. The highest BCUT2D eigenvalue weighted by atomic mass is 32.2. The van der Waals surface area contributed by atoms with Gasteiger partial charge in [-0.15, -0.1) is 11.8 Å². The third kappa shape index (κ3) is 5.37. The number of nitrogens with one attached hydrogen (secondary N) is 1. The lowest BCUT2D eigenvalue weighted by Crippen LogP contribution is -2.26. The van der Waals surface area contributed by atoms with Crippen molar-refractivity contribution in [1.29, 1.82) is 0 Å². The quantitative estimate of drug-likeness (QED) is 0.738. The fraction of sp³-hybridized carbons (Fsp3) is 0.438. The summed E-state index contributed by atoms with van der Waals surface area (Å²) in [6.07, 6.45) is 2.57. The minimum Gasteiger partial charge on any atom is -0.385 e. The van der Waals surface area contributed by atoms with E-state index in [2.05, 4.69) is 10.3 Å². The number of carbonyl (C=O) groups excluding carboxylic acids is 1. The van der Waals surface area contributed by atoms with Crippen LogP contribution in [0.3, 0.4) is 0 Å². The lowest BCUT2D eigenvalue weighted by atomic mass is 10.3. The molecular weight excluding hydrogens is 314 g/mol. The van der Waals surface area contributed by atoms with Crippen LogP contribution in [-0.4, -0.2) is 41.3 Å². The van der Waals surface area contributed by atoms with E-state index in [1.54, 1.807) is 13.3 Å². The number of rotatable bonds is 8. The Labute approximate surface area is 139 Å². The third-order valence-corrected chi connectivity index (χ3v) is 4.16. The van der Waals surface area contributed by atoms with E-state index >= 15 is 0 Å². The maximum atomic E-state index is 12.1. The summed E-state index contributed by atoms with van der Waals surface area (Å²) in [5.41, 5.74) is 2.23. The lowest BCUT2D eigenvalue weighted by molar-refractivity contribution is -0.118. The predicted octanol–water partition coefficient (Wildman–Crippen LogP) is 1.39. The fourth-order valence-electron chi connectivity index (χ4n) is 2.08. The number of amides is 1. The lowest BCUT2D eigenvalue weighted by Gasteiger charge is -2.06. The highest BCUT2D eigenvalue weighted by molar-refractivity contribution is 7.99. The van der Waals surface area contributed by atoms with E-state index in [0.717, 1.165) is 12.0 Å². The van der Waals surface area contributed by atoms with Crippen LogP contribution in [0.5, 0.6) is 0 Å². The van der Waals surface area contributed by atoms with Crippen molar-refractivity contribution in [2.45, 2.75) is 19.1 Å². The van der Waals surface area contributed by atoms with Crippen LogP contribution in [0.2, 0.25) is 0 Å². The monoisotopic (exact) mass is 335 g/mol. The van der Waals surface area contributed by atoms with Crippen molar-refractivity contribution in [3.8, 4) is 0 Å². The minimum atomic E-state index is -0.0988. The molecule has 7 heteroatoms. The highest BCUT2D eigenvalue weighted by Crippen LogP contribution is 2.10. The van der Waals surface area contributed by atoms with Gasteiger partial charge in [-0.05, 0) is 25.0 Å². The normalized spacial score (nSPS) is 10.9. The molecule has 6 nitrogen and oxygen atoms in total. The number of pyridine rings is 1. The zero-order valence-corrected chi connectivity index (χ0v) is 14.2. The van der Waals surface area contributed by atoms with Crippen LogP contribution < -0.4 is 10.9 Å². The van der Waals surface area contributed by atoms with Gasteiger partial charge in [-0.1, -0.05) is 6.07 Å². The van der Waals surface area contributed by atoms with Crippen molar-refractivity contribution < 1.29 is 9.53 Å². The van der Waals surface area contributed by atoms with E-state index in [1.807, 2.05) is 19.1 Å². The standard InChI is InChI=1S/C16H21N3O3S/c1-12-4-5-14-18-13(8-16(21)19(14)9-12)10-23-11-15(20)17-6-3-7-22-2/h4-5,8-9H,3,6-7,10-11H2,1-2H3,(H,17,20). The Hall–Kier alpha value is -1.86. The predicted molar refractivity (Wildman–Crippen MR) is 91.9 cm³/mol. The van der Waals surface area contributed by atoms with Crippen LogP contribution in [0.15, 0.2) is 29.2 Å². The van der Waals surface area contributed by atoms with Gasteiger partial charge in [0.15, 0.2) is 0 Å². The molecule has 2 rings (SSSR count). The zero-order chi connectivity index (χ0) is 16.7. The molecule has 2 heterocycles. The maximum absolute atomic E-state index is 12.1. The van der Waals surface area contributed by atoms with Crippen LogP contribution in [0.4, 0.5) is 0 Å². The van der Waals surface area contributed by atoms with Gasteiger partial charge >= 0.3 is 0 Å². The first kappa shape index (κ1) is 17.5. The molecule has 0 saturated carbocycles. The summed E-state index contributed by atoms with van der Waals surface area (Å²) in [6, 6.07) is 5.27. The SMILES string of the molecule is COCCCNC(=O)CSCc1cc(=O)n2cc(C)ccc2n1. The number of thioether (sulfide) groups is 1. The van der Waals surface area contributed by atoms with Crippen molar-refractivity contribution in [3.63, 3.8) is 0 Å². The number of carbonyl (C=O) groups is 1. The van der Waals surface area contributed by atoms with Gasteiger partial charge in [0, 0.05) is 38.3 Å². The van der Waals surface area contributed by atoms with Gasteiger partial charge in [0.1, 0.15) is 5.65 Å². The summed E-state index contributed by atoms with van der Waals surface area (Å²) in [4.78, 5) is 28.2. The van der Waals surface area contributed by atoms with Gasteiger partial charge < -0.3 is 10.1 Å². The summed E-state index contributed by atoms with van der Waals surface area (Å²) in [5, 5.41) is 2.82. The Morgan fingerprint density at radius 2 is 2.26 bits per heavy atom. The van der Waals surface area contributed by atoms with Gasteiger partial charge in [0.25, 0.3) is 5.56 Å². The Kier molecular flexibility index (Phi) is 6.61.